The number of carbonyl (C=O) groups is 2. The molecular weight excluding hydrogens is 468 g/mol. The second-order valence-corrected chi connectivity index (χ2v) is 9.63. The lowest BCUT2D eigenvalue weighted by Gasteiger charge is -2.06. The molecule has 0 saturated carbocycles. The summed E-state index contributed by atoms with van der Waals surface area (Å²) in [4.78, 5) is 24.6. The van der Waals surface area contributed by atoms with Crippen LogP contribution < -0.4 is 14.8 Å². The number of anilines is 1. The number of ether oxygens (including phenoxy) is 2. The summed E-state index contributed by atoms with van der Waals surface area (Å²) in [6, 6.07) is 14.4. The molecule has 0 atom stereocenters. The Labute approximate surface area is 193 Å². The van der Waals surface area contributed by atoms with Gasteiger partial charge in [-0.3, -0.25) is 10.1 Å². The maximum Gasteiger partial charge on any atom is 0.343 e. The van der Waals surface area contributed by atoms with E-state index < -0.39 is 21.7 Å². The van der Waals surface area contributed by atoms with E-state index >= 15 is 0 Å². The van der Waals surface area contributed by atoms with Crippen molar-refractivity contribution in [2.24, 2.45) is 0 Å². The Morgan fingerprint density at radius 1 is 1.12 bits per heavy atom. The van der Waals surface area contributed by atoms with Crippen molar-refractivity contribution >= 4 is 44.3 Å². The smallest absolute Gasteiger partial charge is 0.343 e. The molecule has 0 spiro atoms. The molecule has 12 heteroatoms. The number of rotatable bonds is 7. The number of aromatic nitrogens is 2. The number of carbonyl (C=O) groups excluding carboxylic acids is 2. The van der Waals surface area contributed by atoms with Crippen LogP contribution in [0.25, 0.3) is 6.08 Å². The number of benzene rings is 2. The zero-order valence-corrected chi connectivity index (χ0v) is 18.9. The molecule has 0 fully saturated rings. The minimum absolute atomic E-state index is 0.0543. The third-order valence-corrected chi connectivity index (χ3v) is 6.52. The Morgan fingerprint density at radius 2 is 1.85 bits per heavy atom. The van der Waals surface area contributed by atoms with Gasteiger partial charge >= 0.3 is 5.97 Å². The van der Waals surface area contributed by atoms with Crippen LogP contribution in [0.15, 0.2) is 58.4 Å². The van der Waals surface area contributed by atoms with Gasteiger partial charge in [0.05, 0.1) is 12.7 Å². The SMILES string of the molecule is COc1cccc(C(=O)Oc2ccc(/C=C(/C#N)C(=O)Nc3nnc(S(C)(=O)=O)s3)cc2)c1. The van der Waals surface area contributed by atoms with Gasteiger partial charge in [0.25, 0.3) is 5.91 Å². The first-order valence-electron chi connectivity index (χ1n) is 9.12. The van der Waals surface area contributed by atoms with Crippen molar-refractivity contribution in [3.8, 4) is 17.6 Å². The lowest BCUT2D eigenvalue weighted by atomic mass is 10.1. The summed E-state index contributed by atoms with van der Waals surface area (Å²) in [5.74, 6) is -0.555. The van der Waals surface area contributed by atoms with E-state index in [4.69, 9.17) is 9.47 Å². The molecule has 0 unspecified atom stereocenters. The van der Waals surface area contributed by atoms with E-state index in [1.807, 2.05) is 0 Å². The largest absolute Gasteiger partial charge is 0.497 e. The third-order valence-electron chi connectivity index (χ3n) is 4.02. The molecule has 10 nitrogen and oxygen atoms in total. The summed E-state index contributed by atoms with van der Waals surface area (Å²) in [6.07, 6.45) is 2.29. The number of methoxy groups -OCH3 is 1. The predicted octanol–water partition coefficient (Wildman–Crippen LogP) is 2.72. The van der Waals surface area contributed by atoms with Crippen LogP contribution in [0.5, 0.6) is 11.5 Å². The van der Waals surface area contributed by atoms with Crippen LogP contribution in [0.2, 0.25) is 0 Å². The quantitative estimate of drug-likeness (QED) is 0.176. The van der Waals surface area contributed by atoms with Gasteiger partial charge in [-0.1, -0.05) is 29.5 Å². The van der Waals surface area contributed by atoms with Gasteiger partial charge in [-0.15, -0.1) is 10.2 Å². The lowest BCUT2D eigenvalue weighted by molar-refractivity contribution is -0.112. The van der Waals surface area contributed by atoms with Crippen molar-refractivity contribution in [1.82, 2.24) is 10.2 Å². The van der Waals surface area contributed by atoms with Gasteiger partial charge in [-0.05, 0) is 42.0 Å². The van der Waals surface area contributed by atoms with E-state index in [2.05, 4.69) is 15.5 Å². The average molecular weight is 485 g/mol. The summed E-state index contributed by atoms with van der Waals surface area (Å²) in [5.41, 5.74) is 0.571. The number of hydrogen-bond donors (Lipinski definition) is 1. The lowest BCUT2D eigenvalue weighted by Crippen LogP contribution is -2.13. The standard InChI is InChI=1S/C21H16N4O6S2/c1-30-17-5-3-4-14(11-17)19(27)31-16-8-6-13(7-9-16)10-15(12-22)18(26)23-20-24-25-21(32-20)33(2,28)29/h3-11H,1-2H3,(H,23,24,26)/b15-10-. The number of nitriles is 1. The monoisotopic (exact) mass is 484 g/mol. The van der Waals surface area contributed by atoms with Gasteiger partial charge in [0.2, 0.25) is 19.3 Å². The summed E-state index contributed by atoms with van der Waals surface area (Å²) < 4.78 is 33.1. The molecule has 3 aromatic rings. The fourth-order valence-corrected chi connectivity index (χ4v) is 3.94. The van der Waals surface area contributed by atoms with E-state index in [0.29, 0.717) is 28.2 Å². The molecule has 0 saturated heterocycles. The highest BCUT2D eigenvalue weighted by molar-refractivity contribution is 7.92. The van der Waals surface area contributed by atoms with Crippen LogP contribution in [0, 0.1) is 11.3 Å². The van der Waals surface area contributed by atoms with Gasteiger partial charge in [0.1, 0.15) is 23.1 Å². The van der Waals surface area contributed by atoms with Crippen molar-refractivity contribution < 1.29 is 27.5 Å². The molecule has 0 aliphatic carbocycles. The van der Waals surface area contributed by atoms with Gasteiger partial charge in [-0.2, -0.15) is 5.26 Å². The Kier molecular flexibility index (Phi) is 7.17. The normalized spacial score (nSPS) is 11.4. The van der Waals surface area contributed by atoms with E-state index in [-0.39, 0.29) is 20.8 Å². The number of amides is 1. The maximum absolute atomic E-state index is 12.3. The number of esters is 1. The third kappa shape index (κ3) is 6.22. The molecule has 1 N–H and O–H groups in total. The Morgan fingerprint density at radius 3 is 2.45 bits per heavy atom. The zero-order valence-electron chi connectivity index (χ0n) is 17.3. The summed E-state index contributed by atoms with van der Waals surface area (Å²) in [7, 11) is -2.06. The molecule has 1 amide bonds. The van der Waals surface area contributed by atoms with E-state index in [9.17, 15) is 23.3 Å². The highest BCUT2D eigenvalue weighted by Gasteiger charge is 2.17. The first-order valence-corrected chi connectivity index (χ1v) is 11.8. The van der Waals surface area contributed by atoms with Gasteiger partial charge in [-0.25, -0.2) is 13.2 Å². The van der Waals surface area contributed by atoms with Crippen LogP contribution in [0.3, 0.4) is 0 Å². The van der Waals surface area contributed by atoms with Crippen LogP contribution >= 0.6 is 11.3 Å². The van der Waals surface area contributed by atoms with Crippen LogP contribution in [-0.2, 0) is 14.6 Å². The molecule has 1 heterocycles. The zero-order chi connectivity index (χ0) is 24.0. The van der Waals surface area contributed by atoms with E-state index in [0.717, 1.165) is 6.26 Å². The fourth-order valence-electron chi connectivity index (χ4n) is 2.44. The van der Waals surface area contributed by atoms with E-state index in [1.165, 1.54) is 25.3 Å². The van der Waals surface area contributed by atoms with Crippen molar-refractivity contribution in [3.63, 3.8) is 0 Å². The Balaban J connectivity index is 1.69. The molecule has 1 aromatic heterocycles. The predicted molar refractivity (Wildman–Crippen MR) is 120 cm³/mol. The van der Waals surface area contributed by atoms with Gasteiger partial charge < -0.3 is 9.47 Å². The summed E-state index contributed by atoms with van der Waals surface area (Å²) in [6.45, 7) is 0. The number of nitrogens with zero attached hydrogens (tertiary/aromatic N) is 3. The molecule has 0 bridgehead atoms. The molecule has 2 aromatic carbocycles. The van der Waals surface area contributed by atoms with Crippen molar-refractivity contribution in [2.75, 3.05) is 18.7 Å². The van der Waals surface area contributed by atoms with Crippen LogP contribution in [0.1, 0.15) is 15.9 Å². The van der Waals surface area contributed by atoms with Crippen LogP contribution in [-0.4, -0.2) is 43.9 Å². The van der Waals surface area contributed by atoms with Crippen molar-refractivity contribution in [2.45, 2.75) is 4.34 Å². The molecule has 3 rings (SSSR count). The number of sulfone groups is 1. The number of nitrogens with one attached hydrogen (secondary N) is 1. The van der Waals surface area contributed by atoms with E-state index in [1.54, 1.807) is 42.5 Å². The Hall–Kier alpha value is -4.08. The average Bonchev–Trinajstić information content (AvgIpc) is 3.27. The van der Waals surface area contributed by atoms with Gasteiger partial charge in [0, 0.05) is 6.26 Å². The molecule has 0 aliphatic rings. The molecule has 168 valence electrons. The first-order chi connectivity index (χ1) is 15.7. The molecule has 0 aliphatic heterocycles. The minimum Gasteiger partial charge on any atom is -0.497 e. The summed E-state index contributed by atoms with van der Waals surface area (Å²) >= 11 is 0.675. The minimum atomic E-state index is -3.55. The molecule has 0 radical (unpaired) electrons. The number of hydrogen-bond acceptors (Lipinski definition) is 10. The molecule has 33 heavy (non-hydrogen) atoms. The second-order valence-electron chi connectivity index (χ2n) is 6.46. The highest BCUT2D eigenvalue weighted by atomic mass is 32.2. The Bertz CT molecular complexity index is 1370. The van der Waals surface area contributed by atoms with Crippen molar-refractivity contribution in [1.29, 1.82) is 5.26 Å². The second kappa shape index (κ2) is 10.0. The summed E-state index contributed by atoms with van der Waals surface area (Å²) in [5, 5.41) is 18.7. The van der Waals surface area contributed by atoms with Gasteiger partial charge in [0.15, 0.2) is 0 Å². The fraction of sp³-hybridized carbons (Fsp3) is 0.0952. The van der Waals surface area contributed by atoms with Crippen molar-refractivity contribution in [3.05, 3.63) is 65.2 Å². The highest BCUT2D eigenvalue weighted by Crippen LogP contribution is 2.21. The first kappa shape index (κ1) is 23.6. The van der Waals surface area contributed by atoms with Crippen LogP contribution in [0.4, 0.5) is 5.13 Å². The maximum atomic E-state index is 12.3. The topological polar surface area (TPSA) is 148 Å². The molecular formula is C21H16N4O6S2.